The second-order valence-electron chi connectivity index (χ2n) is 8.75. The molecule has 1 aliphatic rings. The highest BCUT2D eigenvalue weighted by Gasteiger charge is 2.54. The van der Waals surface area contributed by atoms with Gasteiger partial charge in [-0.25, -0.2) is 9.36 Å². The molecule has 6 atom stereocenters. The SMILES string of the molecule is CC(C)OC(=O)[C@H](C)NP(=O)(OCC1OC(n2ccc(=S)[nH]c2=O)C(C)(O)[C@H]1O)Oc1ccccc1. The van der Waals surface area contributed by atoms with E-state index in [0.717, 1.165) is 4.57 Å². The molecule has 1 aromatic heterocycles. The standard InChI is InChI=1S/C22H30N3O9PS/c1-13(2)32-19(27)14(3)24-35(30,34-15-8-6-5-7-9-15)31-12-16-18(26)22(4,29)20(33-16)25-11-10-17(36)23-21(25)28/h5-11,13-14,16,18,20,26,29H,12H2,1-4H3,(H,24,30)(H,23,28,36)/t14-,16?,18-,20?,22?,35?/m0/s1. The molecule has 0 spiro atoms. The smallest absolute Gasteiger partial charge is 0.459 e. The van der Waals surface area contributed by atoms with Gasteiger partial charge in [-0.1, -0.05) is 30.4 Å². The largest absolute Gasteiger partial charge is 0.462 e. The van der Waals surface area contributed by atoms with Gasteiger partial charge in [-0.15, -0.1) is 0 Å². The molecule has 36 heavy (non-hydrogen) atoms. The van der Waals surface area contributed by atoms with Crippen LogP contribution in [0.1, 0.15) is 33.9 Å². The fourth-order valence-electron chi connectivity index (χ4n) is 3.50. The molecule has 2 aromatic rings. The molecule has 1 aliphatic heterocycles. The van der Waals surface area contributed by atoms with Gasteiger partial charge in [-0.05, 0) is 45.9 Å². The third kappa shape index (κ3) is 6.68. The zero-order chi connectivity index (χ0) is 26.7. The van der Waals surface area contributed by atoms with Gasteiger partial charge in [-0.2, -0.15) is 5.09 Å². The summed E-state index contributed by atoms with van der Waals surface area (Å²) >= 11 is 4.92. The van der Waals surface area contributed by atoms with E-state index in [1.165, 1.54) is 26.1 Å². The molecule has 3 rings (SSSR count). The number of hydrogen-bond acceptors (Lipinski definition) is 10. The number of ether oxygens (including phenoxy) is 2. The van der Waals surface area contributed by atoms with Crippen LogP contribution in [-0.2, 0) is 23.4 Å². The maximum atomic E-state index is 13.6. The molecule has 0 aliphatic carbocycles. The minimum atomic E-state index is -4.24. The molecule has 1 saturated heterocycles. The molecular weight excluding hydrogens is 513 g/mol. The summed E-state index contributed by atoms with van der Waals surface area (Å²) in [4.78, 5) is 27.0. The molecule has 198 valence electrons. The topological polar surface area (TPSA) is 161 Å². The van der Waals surface area contributed by atoms with Crippen LogP contribution in [0.4, 0.5) is 0 Å². The lowest BCUT2D eigenvalue weighted by Gasteiger charge is -2.27. The summed E-state index contributed by atoms with van der Waals surface area (Å²) in [6, 6.07) is 8.49. The van der Waals surface area contributed by atoms with Gasteiger partial charge < -0.3 is 24.2 Å². The number of carbonyl (C=O) groups excluding carboxylic acids is 1. The fraction of sp³-hybridized carbons (Fsp3) is 0.500. The summed E-state index contributed by atoms with van der Waals surface area (Å²) in [5, 5.41) is 24.2. The van der Waals surface area contributed by atoms with Crippen molar-refractivity contribution in [3.05, 3.63) is 57.7 Å². The maximum Gasteiger partial charge on any atom is 0.459 e. The average Bonchev–Trinajstić information content (AvgIpc) is 3.01. The first-order valence-electron chi connectivity index (χ1n) is 11.2. The van der Waals surface area contributed by atoms with Crippen molar-refractivity contribution in [3.8, 4) is 5.75 Å². The van der Waals surface area contributed by atoms with Gasteiger partial charge in [0.2, 0.25) is 0 Å². The number of esters is 1. The Kier molecular flexibility index (Phi) is 8.88. The van der Waals surface area contributed by atoms with E-state index in [9.17, 15) is 24.4 Å². The summed E-state index contributed by atoms with van der Waals surface area (Å²) < 4.78 is 36.8. The molecule has 0 radical (unpaired) electrons. The Balaban J connectivity index is 1.80. The normalized spacial score (nSPS) is 26.4. The van der Waals surface area contributed by atoms with Crippen molar-refractivity contribution in [2.24, 2.45) is 0 Å². The van der Waals surface area contributed by atoms with Crippen molar-refractivity contribution in [2.75, 3.05) is 6.61 Å². The van der Waals surface area contributed by atoms with E-state index in [1.807, 2.05) is 0 Å². The van der Waals surface area contributed by atoms with Crippen molar-refractivity contribution in [1.29, 1.82) is 0 Å². The Morgan fingerprint density at radius 2 is 1.97 bits per heavy atom. The number of aromatic nitrogens is 2. The average molecular weight is 544 g/mol. The van der Waals surface area contributed by atoms with Crippen molar-refractivity contribution in [3.63, 3.8) is 0 Å². The lowest BCUT2D eigenvalue weighted by molar-refractivity contribution is -0.149. The predicted octanol–water partition coefficient (Wildman–Crippen LogP) is 2.05. The van der Waals surface area contributed by atoms with Crippen molar-refractivity contribution >= 4 is 25.9 Å². The lowest BCUT2D eigenvalue weighted by atomic mass is 9.96. The molecular formula is C22H30N3O9PS. The van der Waals surface area contributed by atoms with E-state index in [-0.39, 0.29) is 10.4 Å². The van der Waals surface area contributed by atoms with Gasteiger partial charge in [0.05, 0.1) is 12.7 Å². The lowest BCUT2D eigenvalue weighted by Crippen LogP contribution is -2.46. The molecule has 12 nitrogen and oxygen atoms in total. The van der Waals surface area contributed by atoms with Crippen LogP contribution in [0.25, 0.3) is 0 Å². The fourth-order valence-corrected chi connectivity index (χ4v) is 5.15. The van der Waals surface area contributed by atoms with Crippen LogP contribution in [0.3, 0.4) is 0 Å². The molecule has 0 amide bonds. The van der Waals surface area contributed by atoms with Gasteiger partial charge in [0, 0.05) is 6.20 Å². The second kappa shape index (κ2) is 11.3. The first-order valence-corrected chi connectivity index (χ1v) is 13.1. The highest BCUT2D eigenvalue weighted by molar-refractivity contribution is 7.71. The number of rotatable bonds is 10. The number of H-pyrrole nitrogens is 1. The van der Waals surface area contributed by atoms with Crippen LogP contribution in [0.5, 0.6) is 5.75 Å². The van der Waals surface area contributed by atoms with Gasteiger partial charge in [-0.3, -0.25) is 18.9 Å². The van der Waals surface area contributed by atoms with Crippen LogP contribution in [0, 0.1) is 4.64 Å². The van der Waals surface area contributed by atoms with Crippen LogP contribution in [0.15, 0.2) is 47.4 Å². The first-order chi connectivity index (χ1) is 16.8. The Morgan fingerprint density at radius 3 is 2.58 bits per heavy atom. The summed E-state index contributed by atoms with van der Waals surface area (Å²) in [6.07, 6.45) is -3.13. The number of benzene rings is 1. The van der Waals surface area contributed by atoms with Crippen molar-refractivity contribution in [1.82, 2.24) is 14.6 Å². The summed E-state index contributed by atoms with van der Waals surface area (Å²) in [5.74, 6) is -0.479. The van der Waals surface area contributed by atoms with E-state index in [2.05, 4.69) is 10.1 Å². The number of hydrogen-bond donors (Lipinski definition) is 4. The monoisotopic (exact) mass is 543 g/mol. The number of nitrogens with one attached hydrogen (secondary N) is 2. The van der Waals surface area contributed by atoms with Crippen LogP contribution >= 0.6 is 20.0 Å². The number of nitrogens with zero attached hydrogens (tertiary/aromatic N) is 1. The minimum Gasteiger partial charge on any atom is -0.462 e. The van der Waals surface area contributed by atoms with Gasteiger partial charge in [0.1, 0.15) is 34.2 Å². The minimum absolute atomic E-state index is 0.185. The Morgan fingerprint density at radius 1 is 1.31 bits per heavy atom. The van der Waals surface area contributed by atoms with E-state index >= 15 is 0 Å². The Labute approximate surface area is 212 Å². The molecule has 14 heteroatoms. The molecule has 4 N–H and O–H groups in total. The summed E-state index contributed by atoms with van der Waals surface area (Å²) in [5.41, 5.74) is -2.57. The third-order valence-corrected chi connectivity index (χ3v) is 7.17. The van der Waals surface area contributed by atoms with Gasteiger partial charge in [0.25, 0.3) is 0 Å². The van der Waals surface area contributed by atoms with E-state index in [4.69, 9.17) is 30.7 Å². The number of aliphatic hydroxyl groups excluding tert-OH is 1. The molecule has 0 saturated carbocycles. The highest BCUT2D eigenvalue weighted by Crippen LogP contribution is 2.46. The highest BCUT2D eigenvalue weighted by atomic mass is 32.1. The quantitative estimate of drug-likeness (QED) is 0.197. The van der Waals surface area contributed by atoms with Crippen LogP contribution < -0.4 is 15.3 Å². The Hall–Kier alpha value is -2.38. The molecule has 1 aromatic carbocycles. The van der Waals surface area contributed by atoms with Gasteiger partial charge >= 0.3 is 19.4 Å². The number of aromatic amines is 1. The molecule has 2 heterocycles. The molecule has 4 unspecified atom stereocenters. The Bertz CT molecular complexity index is 1220. The zero-order valence-corrected chi connectivity index (χ0v) is 21.9. The third-order valence-electron chi connectivity index (χ3n) is 5.29. The van der Waals surface area contributed by atoms with Crippen molar-refractivity contribution in [2.45, 2.75) is 63.9 Å². The van der Waals surface area contributed by atoms with Crippen molar-refractivity contribution < 1.29 is 38.1 Å². The first kappa shape index (κ1) is 28.2. The summed E-state index contributed by atoms with van der Waals surface area (Å²) in [7, 11) is -4.24. The summed E-state index contributed by atoms with van der Waals surface area (Å²) in [6.45, 7) is 5.55. The molecule has 1 fully saturated rings. The number of carbonyl (C=O) groups is 1. The van der Waals surface area contributed by atoms with Crippen LogP contribution in [-0.4, -0.2) is 62.3 Å². The van der Waals surface area contributed by atoms with E-state index in [0.29, 0.717) is 0 Å². The van der Waals surface area contributed by atoms with Crippen LogP contribution in [0.2, 0.25) is 0 Å². The number of aliphatic hydroxyl groups is 2. The van der Waals surface area contributed by atoms with Gasteiger partial charge in [0.15, 0.2) is 6.23 Å². The zero-order valence-electron chi connectivity index (χ0n) is 20.2. The second-order valence-corrected chi connectivity index (χ2v) is 10.9. The van der Waals surface area contributed by atoms with E-state index in [1.54, 1.807) is 44.2 Å². The molecule has 0 bridgehead atoms. The number of para-hydroxylation sites is 1. The predicted molar refractivity (Wildman–Crippen MR) is 131 cm³/mol. The van der Waals surface area contributed by atoms with E-state index < -0.39 is 62.2 Å². The maximum absolute atomic E-state index is 13.6.